The van der Waals surface area contributed by atoms with Gasteiger partial charge in [-0.2, -0.15) is 0 Å². The van der Waals surface area contributed by atoms with Gasteiger partial charge in [0.1, 0.15) is 80.6 Å². The number of aliphatic hydroxyl groups excluding tert-OH is 3. The first-order chi connectivity index (χ1) is 44.4. The lowest BCUT2D eigenvalue weighted by Gasteiger charge is -2.23. The zero-order chi connectivity index (χ0) is 69.0. The maximum absolute atomic E-state index is 12.2. The van der Waals surface area contributed by atoms with Gasteiger partial charge in [0.05, 0.1) is 63.4 Å². The van der Waals surface area contributed by atoms with E-state index >= 15 is 0 Å². The van der Waals surface area contributed by atoms with Gasteiger partial charge in [-0.25, -0.2) is 19.2 Å². The number of carbonyl (C=O) groups is 5. The minimum atomic E-state index is -0.795. The lowest BCUT2D eigenvalue weighted by atomic mass is 10.2. The van der Waals surface area contributed by atoms with Gasteiger partial charge in [-0.3, -0.25) is 4.79 Å². The average molecular weight is 1410 g/mol. The number of amides is 2. The number of alkyl halides is 1. The zero-order valence-corrected chi connectivity index (χ0v) is 57.1. The molecule has 29 heteroatoms. The summed E-state index contributed by atoms with van der Waals surface area (Å²) >= 11 is 7.91. The fourth-order valence-electron chi connectivity index (χ4n) is 11.6. The quantitative estimate of drug-likeness (QED) is 0.0371. The van der Waals surface area contributed by atoms with Crippen molar-refractivity contribution in [2.45, 2.75) is 228 Å². The number of nitrogens with two attached hydrogens (primary N) is 2. The monoisotopic (exact) mass is 1410 g/mol. The number of esters is 2. The van der Waals surface area contributed by atoms with E-state index in [0.29, 0.717) is 37.8 Å². The van der Waals surface area contributed by atoms with Gasteiger partial charge in [0.2, 0.25) is 0 Å². The molecule has 4 aliphatic carbocycles. The highest BCUT2D eigenvalue weighted by molar-refractivity contribution is 9.09. The van der Waals surface area contributed by atoms with E-state index in [1.54, 1.807) is 34.6 Å². The fourth-order valence-corrected chi connectivity index (χ4v) is 11.9. The normalized spacial score (nSPS) is 30.9. The van der Waals surface area contributed by atoms with Crippen LogP contribution in [-0.4, -0.2) is 204 Å². The Morgan fingerprint density at radius 2 is 0.894 bits per heavy atom. The van der Waals surface area contributed by atoms with Gasteiger partial charge in [-0.1, -0.05) is 107 Å². The first-order valence-corrected chi connectivity index (χ1v) is 32.7. The molecule has 526 valence electrons. The molecule has 4 aliphatic heterocycles. The molecule has 3 aromatic carbocycles. The molecule has 2 amide bonds. The van der Waals surface area contributed by atoms with Gasteiger partial charge in [0, 0.05) is 23.7 Å². The number of aliphatic hydroxyl groups is 3. The summed E-state index contributed by atoms with van der Waals surface area (Å²) in [7, 11) is 1.30. The number of hydrogen-bond acceptors (Lipinski definition) is 25. The van der Waals surface area contributed by atoms with Crippen LogP contribution in [-0.2, 0) is 100 Å². The summed E-state index contributed by atoms with van der Waals surface area (Å²) in [5.41, 5.74) is 13.7. The maximum atomic E-state index is 12.2. The van der Waals surface area contributed by atoms with Gasteiger partial charge in [-0.15, -0.1) is 0 Å². The molecule has 11 rings (SSSR count). The van der Waals surface area contributed by atoms with Crippen molar-refractivity contribution in [1.82, 2.24) is 10.6 Å². The van der Waals surface area contributed by atoms with Gasteiger partial charge in [0.25, 0.3) is 0 Å². The third kappa shape index (κ3) is 24.4. The molecule has 8 aliphatic rings. The largest absolute Gasteiger partial charge is 0.467 e. The van der Waals surface area contributed by atoms with Crippen LogP contribution in [0.4, 0.5) is 14.4 Å². The van der Waals surface area contributed by atoms with Gasteiger partial charge in [0.15, 0.2) is 23.1 Å². The molecule has 0 aromatic heterocycles. The zero-order valence-electron chi connectivity index (χ0n) is 54.8. The number of alkyl carbamates (subject to hydrolysis) is 2. The number of rotatable bonds is 16. The van der Waals surface area contributed by atoms with Crippen LogP contribution in [0.1, 0.15) is 105 Å². The summed E-state index contributed by atoms with van der Waals surface area (Å²) in [6.07, 6.45) is -2.53. The molecule has 0 spiro atoms. The van der Waals surface area contributed by atoms with E-state index in [-0.39, 0.29) is 112 Å². The van der Waals surface area contributed by atoms with Gasteiger partial charge in [-0.05, 0) is 105 Å². The predicted molar refractivity (Wildman–Crippen MR) is 340 cm³/mol. The van der Waals surface area contributed by atoms with Crippen LogP contribution in [0.15, 0.2) is 91.0 Å². The maximum Gasteiger partial charge on any atom is 0.407 e. The second kappa shape index (κ2) is 36.4. The summed E-state index contributed by atoms with van der Waals surface area (Å²) in [6.45, 7) is 17.6. The Bertz CT molecular complexity index is 2800. The summed E-state index contributed by atoms with van der Waals surface area (Å²) < 4.78 is 81.0. The predicted octanol–water partition coefficient (Wildman–Crippen LogP) is 6.05. The molecule has 94 heavy (non-hydrogen) atoms. The van der Waals surface area contributed by atoms with E-state index in [2.05, 4.69) is 40.8 Å². The van der Waals surface area contributed by atoms with E-state index < -0.39 is 71.1 Å². The summed E-state index contributed by atoms with van der Waals surface area (Å²) in [4.78, 5) is 55.8. The van der Waals surface area contributed by atoms with Crippen molar-refractivity contribution < 1.29 is 110 Å². The van der Waals surface area contributed by atoms with Crippen LogP contribution in [0.5, 0.6) is 0 Å². The first kappa shape index (κ1) is 77.8. The fraction of sp³-hybridized carbons (Fsp3) is 0.646. The van der Waals surface area contributed by atoms with E-state index in [4.69, 9.17) is 85.0 Å². The van der Waals surface area contributed by atoms with Crippen molar-refractivity contribution in [2.75, 3.05) is 38.9 Å². The van der Waals surface area contributed by atoms with Crippen LogP contribution in [0.2, 0.25) is 0 Å². The Hall–Kier alpha value is -5.22. The lowest BCUT2D eigenvalue weighted by molar-refractivity contribution is -0.172. The number of carbonyl (C=O) groups excluding carboxylic acids is 5. The number of methoxy groups -OCH3 is 1. The molecule has 3 aromatic rings. The molecule has 4 saturated heterocycles. The standard InChI is InChI=1S/C19H25NO7.C16H21NO5.C10H19NO4.C8H7ClO2.C8H15NO3.C4H7BrO2/c1-19(2)26-16-13(9-14(17(16)27-19)24-11-15(21)23-3)20-18(22)25-10-12-7-5-4-6-8-12;1-16(2)21-13-11(8-12(18)14(13)22-16)17-15(19)20-9-10-6-4-3-5-7-10;1-10(2)14-8-6(11)5-7(9(8)15-10)13-4-3-12;9-8(10)11-6-7-4-2-1-3-5-7;1-8(2)11-6-4(9)3-5(10)7(6)12-8;1-2-7-4(6)3-5/h4-8,13-14,16-17H,9-11H2,1-3H3,(H,20,22);3-7,11-14,18H,8-9H2,1-2H3,(H,17,19);6-9,12H,3-5,11H2,1-2H3;1-5H,6H2;4-7,10H,3,9H2,1-2H3;2-3H2,1H3/t13?,14-,16-,17+;11?,12-,13-,14+;6-,7+,8+,9-;;4-,5+,6+,7-;/m001.1./s1. The van der Waals surface area contributed by atoms with E-state index in [9.17, 15) is 34.2 Å². The highest BCUT2D eigenvalue weighted by atomic mass is 79.9. The molecule has 9 N–H and O–H groups in total. The Labute approximate surface area is 562 Å². The highest BCUT2D eigenvalue weighted by Crippen LogP contribution is 2.42. The van der Waals surface area contributed by atoms with Gasteiger partial charge >= 0.3 is 29.6 Å². The van der Waals surface area contributed by atoms with Crippen molar-refractivity contribution in [3.8, 4) is 0 Å². The number of halogens is 2. The molecular weight excluding hydrogens is 1320 g/mol. The van der Waals surface area contributed by atoms with Crippen LogP contribution in [0.3, 0.4) is 0 Å². The molecular formula is C65H94BrClN4O23. The SMILES string of the molecule is CC1(C)O[C@@H]2[C@@H](O)CC(NC(=O)OCc3ccccc3)[C@@H]2O1.CC1(C)O[C@@H]2[C@H](O1)[C@@H](O)C[C@H]2N.CC1(C)O[C@@H]2[C@H](O1)[C@@H](OCCO)C[C@H]2N.CCOC(=O)CBr.COC(=O)CO[C@H]1CC(NC(=O)OCc2ccccc2)[C@@H]2OC(C)(C)O[C@H]12.O=C(Cl)OCc1ccccc1. The average Bonchev–Trinajstić information content (AvgIpc) is 1.65. The van der Waals surface area contributed by atoms with E-state index in [0.717, 1.165) is 23.1 Å². The minimum absolute atomic E-state index is 0.0212. The smallest absolute Gasteiger partial charge is 0.407 e. The molecule has 0 bridgehead atoms. The summed E-state index contributed by atoms with van der Waals surface area (Å²) in [6, 6.07) is 27.5. The minimum Gasteiger partial charge on any atom is -0.467 e. The van der Waals surface area contributed by atoms with Crippen molar-refractivity contribution in [3.63, 3.8) is 0 Å². The topological polar surface area (TPSA) is 361 Å². The molecule has 0 radical (unpaired) electrons. The van der Waals surface area contributed by atoms with Crippen molar-refractivity contribution in [1.29, 1.82) is 0 Å². The molecule has 2 unspecified atom stereocenters. The molecule has 16 atom stereocenters. The molecule has 27 nitrogen and oxygen atoms in total. The van der Waals surface area contributed by atoms with E-state index in [1.807, 2.05) is 119 Å². The number of ether oxygens (including phenoxy) is 15. The second-order valence-electron chi connectivity index (χ2n) is 24.8. The van der Waals surface area contributed by atoms with Crippen LogP contribution >= 0.6 is 27.5 Å². The third-order valence-corrected chi connectivity index (χ3v) is 16.1. The van der Waals surface area contributed by atoms with Crippen molar-refractivity contribution >= 4 is 57.1 Å². The number of hydrogen-bond donors (Lipinski definition) is 7. The number of nitrogens with one attached hydrogen (secondary N) is 2. The van der Waals surface area contributed by atoms with Crippen molar-refractivity contribution in [3.05, 3.63) is 108 Å². The highest BCUT2D eigenvalue weighted by Gasteiger charge is 2.57. The molecule has 8 fully saturated rings. The summed E-state index contributed by atoms with van der Waals surface area (Å²) in [5, 5.41) is 34.1. The lowest BCUT2D eigenvalue weighted by Crippen LogP contribution is -2.43. The van der Waals surface area contributed by atoms with Crippen LogP contribution in [0, 0.1) is 0 Å². The Kier molecular flexibility index (Phi) is 30.1. The van der Waals surface area contributed by atoms with E-state index in [1.165, 1.54) is 7.11 Å². The van der Waals surface area contributed by atoms with Gasteiger partial charge < -0.3 is 108 Å². The number of benzene rings is 3. The first-order valence-electron chi connectivity index (χ1n) is 31.2. The number of fused-ring (bicyclic) bond motifs is 4. The molecule has 4 heterocycles. The summed E-state index contributed by atoms with van der Waals surface area (Å²) in [5.74, 6) is -3.38. The Morgan fingerprint density at radius 3 is 1.32 bits per heavy atom. The van der Waals surface area contributed by atoms with Crippen LogP contribution < -0.4 is 22.1 Å². The molecule has 4 saturated carbocycles. The second-order valence-corrected chi connectivity index (χ2v) is 25.7. The Balaban J connectivity index is 0.000000188. The van der Waals surface area contributed by atoms with Crippen LogP contribution in [0.25, 0.3) is 0 Å². The third-order valence-electron chi connectivity index (χ3n) is 15.5. The van der Waals surface area contributed by atoms with Crippen molar-refractivity contribution in [2.24, 2.45) is 11.5 Å². The Morgan fingerprint density at radius 1 is 0.521 bits per heavy atom.